The molecular weight excluding hydrogens is 326 g/mol. The van der Waals surface area contributed by atoms with Crippen LogP contribution in [-0.4, -0.2) is 5.91 Å². The molecule has 0 aliphatic rings. The lowest BCUT2D eigenvalue weighted by atomic mass is 10.1. The second-order valence-electron chi connectivity index (χ2n) is 4.06. The van der Waals surface area contributed by atoms with Crippen molar-refractivity contribution in [2.45, 2.75) is 11.9 Å². The first-order valence-electron chi connectivity index (χ1n) is 5.88. The van der Waals surface area contributed by atoms with Crippen LogP contribution in [0.15, 0.2) is 48.5 Å². The molecule has 19 heavy (non-hydrogen) atoms. The molecule has 0 bridgehead atoms. The predicted molar refractivity (Wildman–Crippen MR) is 81.7 cm³/mol. The summed E-state index contributed by atoms with van der Waals surface area (Å²) >= 11 is 9.44. The largest absolute Gasteiger partial charge is 0.348 e. The summed E-state index contributed by atoms with van der Waals surface area (Å²) in [6.07, 6.45) is 0. The van der Waals surface area contributed by atoms with Gasteiger partial charge in [0.05, 0.1) is 0 Å². The van der Waals surface area contributed by atoms with E-state index in [0.717, 1.165) is 11.1 Å². The number of halogens is 2. The van der Waals surface area contributed by atoms with Crippen LogP contribution in [0.4, 0.5) is 0 Å². The van der Waals surface area contributed by atoms with Gasteiger partial charge in [-0.25, -0.2) is 0 Å². The molecule has 1 N–H and O–H groups in total. The molecule has 2 rings (SSSR count). The summed E-state index contributed by atoms with van der Waals surface area (Å²) in [4.78, 5) is 12.1. The zero-order valence-corrected chi connectivity index (χ0v) is 12.5. The summed E-state index contributed by atoms with van der Waals surface area (Å²) in [6, 6.07) is 15.0. The number of rotatable bonds is 4. The van der Waals surface area contributed by atoms with Crippen molar-refractivity contribution in [3.05, 3.63) is 70.2 Å². The number of alkyl halides is 1. The van der Waals surface area contributed by atoms with Crippen molar-refractivity contribution in [2.24, 2.45) is 0 Å². The molecule has 0 aliphatic carbocycles. The number of hydrogen-bond acceptors (Lipinski definition) is 1. The summed E-state index contributed by atoms with van der Waals surface area (Å²) in [5, 5.41) is 4.21. The topological polar surface area (TPSA) is 29.1 Å². The Bertz CT molecular complexity index is 586. The molecule has 0 radical (unpaired) electrons. The van der Waals surface area contributed by atoms with Crippen LogP contribution in [0.5, 0.6) is 0 Å². The van der Waals surface area contributed by atoms with E-state index in [9.17, 15) is 4.79 Å². The van der Waals surface area contributed by atoms with E-state index in [1.807, 2.05) is 48.5 Å². The molecule has 0 heterocycles. The van der Waals surface area contributed by atoms with Gasteiger partial charge in [0.15, 0.2) is 0 Å². The Kier molecular flexibility index (Phi) is 5.00. The standard InChI is InChI=1S/C15H13BrClNO/c16-9-11-5-1-3-7-13(11)15(19)18-10-12-6-2-4-8-14(12)17/h1-8H,9-10H2,(H,18,19). The van der Waals surface area contributed by atoms with Crippen LogP contribution in [0.3, 0.4) is 0 Å². The molecule has 0 aromatic heterocycles. The van der Waals surface area contributed by atoms with Gasteiger partial charge in [-0.2, -0.15) is 0 Å². The lowest BCUT2D eigenvalue weighted by Crippen LogP contribution is -2.23. The molecule has 0 atom stereocenters. The quantitative estimate of drug-likeness (QED) is 0.833. The molecule has 0 spiro atoms. The van der Waals surface area contributed by atoms with Gasteiger partial charge in [-0.15, -0.1) is 0 Å². The lowest BCUT2D eigenvalue weighted by Gasteiger charge is -2.09. The number of nitrogens with one attached hydrogen (secondary N) is 1. The van der Waals surface area contributed by atoms with Crippen LogP contribution < -0.4 is 5.32 Å². The van der Waals surface area contributed by atoms with Crippen LogP contribution in [0.1, 0.15) is 21.5 Å². The van der Waals surface area contributed by atoms with E-state index in [4.69, 9.17) is 11.6 Å². The maximum absolute atomic E-state index is 12.1. The maximum atomic E-state index is 12.1. The molecule has 0 aliphatic heterocycles. The maximum Gasteiger partial charge on any atom is 0.251 e. The Labute approximate surface area is 125 Å². The molecule has 0 saturated carbocycles. The third-order valence-electron chi connectivity index (χ3n) is 2.80. The Morgan fingerprint density at radius 1 is 1.05 bits per heavy atom. The van der Waals surface area contributed by atoms with Crippen LogP contribution in [-0.2, 0) is 11.9 Å². The zero-order valence-electron chi connectivity index (χ0n) is 10.2. The Morgan fingerprint density at radius 2 is 1.68 bits per heavy atom. The van der Waals surface area contributed by atoms with Crippen molar-refractivity contribution >= 4 is 33.4 Å². The van der Waals surface area contributed by atoms with E-state index >= 15 is 0 Å². The van der Waals surface area contributed by atoms with Gasteiger partial charge in [0.25, 0.3) is 5.91 Å². The third kappa shape index (κ3) is 3.58. The van der Waals surface area contributed by atoms with Crippen molar-refractivity contribution in [3.8, 4) is 0 Å². The van der Waals surface area contributed by atoms with E-state index in [-0.39, 0.29) is 5.91 Å². The van der Waals surface area contributed by atoms with Crippen molar-refractivity contribution < 1.29 is 4.79 Å². The molecule has 0 unspecified atom stereocenters. The lowest BCUT2D eigenvalue weighted by molar-refractivity contribution is 0.0950. The minimum Gasteiger partial charge on any atom is -0.348 e. The van der Waals surface area contributed by atoms with Crippen LogP contribution in [0, 0.1) is 0 Å². The normalized spacial score (nSPS) is 10.2. The monoisotopic (exact) mass is 337 g/mol. The first kappa shape index (κ1) is 14.1. The summed E-state index contributed by atoms with van der Waals surface area (Å²) in [7, 11) is 0. The predicted octanol–water partition coefficient (Wildman–Crippen LogP) is 4.16. The summed E-state index contributed by atoms with van der Waals surface area (Å²) < 4.78 is 0. The smallest absolute Gasteiger partial charge is 0.251 e. The highest BCUT2D eigenvalue weighted by Gasteiger charge is 2.10. The molecule has 1 amide bonds. The molecule has 0 fully saturated rings. The van der Waals surface area contributed by atoms with Gasteiger partial charge in [0.1, 0.15) is 0 Å². The highest BCUT2D eigenvalue weighted by molar-refractivity contribution is 9.08. The number of hydrogen-bond donors (Lipinski definition) is 1. The summed E-state index contributed by atoms with van der Waals surface area (Å²) in [6.45, 7) is 0.426. The van der Waals surface area contributed by atoms with Gasteiger partial charge in [0, 0.05) is 22.5 Å². The van der Waals surface area contributed by atoms with E-state index < -0.39 is 0 Å². The molecule has 2 nitrogen and oxygen atoms in total. The Hall–Kier alpha value is -1.32. The molecule has 2 aromatic rings. The van der Waals surface area contributed by atoms with Gasteiger partial charge in [-0.05, 0) is 23.3 Å². The van der Waals surface area contributed by atoms with Gasteiger partial charge in [-0.3, -0.25) is 4.79 Å². The first-order chi connectivity index (χ1) is 9.22. The van der Waals surface area contributed by atoms with Gasteiger partial charge in [-0.1, -0.05) is 63.9 Å². The fraction of sp³-hybridized carbons (Fsp3) is 0.133. The van der Waals surface area contributed by atoms with Gasteiger partial charge in [0.2, 0.25) is 0 Å². The van der Waals surface area contributed by atoms with Crippen molar-refractivity contribution in [1.82, 2.24) is 5.32 Å². The highest BCUT2D eigenvalue weighted by Crippen LogP contribution is 2.16. The second kappa shape index (κ2) is 6.73. The van der Waals surface area contributed by atoms with E-state index in [2.05, 4.69) is 21.2 Å². The molecule has 98 valence electrons. The Morgan fingerprint density at radius 3 is 2.37 bits per heavy atom. The number of amides is 1. The second-order valence-corrected chi connectivity index (χ2v) is 5.03. The summed E-state index contributed by atoms with van der Waals surface area (Å²) in [5.41, 5.74) is 2.57. The minimum absolute atomic E-state index is 0.0880. The SMILES string of the molecule is O=C(NCc1ccccc1Cl)c1ccccc1CBr. The minimum atomic E-state index is -0.0880. The van der Waals surface area contributed by atoms with Crippen LogP contribution in [0.25, 0.3) is 0 Å². The average Bonchev–Trinajstić information content (AvgIpc) is 2.46. The fourth-order valence-corrected chi connectivity index (χ4v) is 2.46. The molecular formula is C15H13BrClNO. The van der Waals surface area contributed by atoms with Crippen LogP contribution >= 0.6 is 27.5 Å². The van der Waals surface area contributed by atoms with E-state index in [0.29, 0.717) is 22.5 Å². The number of benzene rings is 2. The van der Waals surface area contributed by atoms with Crippen molar-refractivity contribution in [1.29, 1.82) is 0 Å². The number of carbonyl (C=O) groups excluding carboxylic acids is 1. The highest BCUT2D eigenvalue weighted by atomic mass is 79.9. The molecule has 2 aromatic carbocycles. The van der Waals surface area contributed by atoms with Gasteiger partial charge < -0.3 is 5.32 Å². The first-order valence-corrected chi connectivity index (χ1v) is 7.38. The zero-order chi connectivity index (χ0) is 13.7. The molecule has 0 saturated heterocycles. The van der Waals surface area contributed by atoms with E-state index in [1.165, 1.54) is 0 Å². The van der Waals surface area contributed by atoms with Crippen molar-refractivity contribution in [2.75, 3.05) is 0 Å². The third-order valence-corrected chi connectivity index (χ3v) is 3.78. The van der Waals surface area contributed by atoms with E-state index in [1.54, 1.807) is 0 Å². The Balaban J connectivity index is 2.08. The van der Waals surface area contributed by atoms with Gasteiger partial charge >= 0.3 is 0 Å². The average molecular weight is 339 g/mol. The summed E-state index contributed by atoms with van der Waals surface area (Å²) in [5.74, 6) is -0.0880. The fourth-order valence-electron chi connectivity index (χ4n) is 1.77. The van der Waals surface area contributed by atoms with Crippen molar-refractivity contribution in [3.63, 3.8) is 0 Å². The molecule has 4 heteroatoms. The van der Waals surface area contributed by atoms with Crippen LogP contribution in [0.2, 0.25) is 5.02 Å². The number of carbonyl (C=O) groups is 1.